The van der Waals surface area contributed by atoms with Crippen molar-refractivity contribution in [1.82, 2.24) is 14.7 Å². The maximum absolute atomic E-state index is 6.63. The summed E-state index contributed by atoms with van der Waals surface area (Å²) in [6.07, 6.45) is 6.44. The first-order chi connectivity index (χ1) is 8.88. The summed E-state index contributed by atoms with van der Waals surface area (Å²) in [4.78, 5) is 2.29. The lowest BCUT2D eigenvalue weighted by molar-refractivity contribution is 0.0475. The molecule has 1 aromatic rings. The van der Waals surface area contributed by atoms with Crippen molar-refractivity contribution < 1.29 is 0 Å². The molecule has 5 heteroatoms. The van der Waals surface area contributed by atoms with Crippen molar-refractivity contribution >= 4 is 11.6 Å². The summed E-state index contributed by atoms with van der Waals surface area (Å²) in [7, 11) is 6.17. The van der Waals surface area contributed by atoms with Gasteiger partial charge in [0.2, 0.25) is 0 Å². The van der Waals surface area contributed by atoms with Crippen molar-refractivity contribution in [1.29, 1.82) is 0 Å². The fourth-order valence-electron chi connectivity index (χ4n) is 3.56. The van der Waals surface area contributed by atoms with E-state index in [0.717, 1.165) is 18.5 Å². The third-order valence-corrected chi connectivity index (χ3v) is 5.00. The molecule has 0 aliphatic heterocycles. The van der Waals surface area contributed by atoms with E-state index in [-0.39, 0.29) is 11.6 Å². The van der Waals surface area contributed by atoms with Crippen LogP contribution in [0.4, 0.5) is 0 Å². The monoisotopic (exact) mass is 284 g/mol. The molecule has 19 heavy (non-hydrogen) atoms. The normalized spacial score (nSPS) is 29.7. The molecular formula is C14H25ClN4. The van der Waals surface area contributed by atoms with E-state index in [1.165, 1.54) is 12.8 Å². The van der Waals surface area contributed by atoms with E-state index in [0.29, 0.717) is 10.9 Å². The quantitative estimate of drug-likeness (QED) is 0.928. The summed E-state index contributed by atoms with van der Waals surface area (Å²) in [6, 6.07) is -0.106. The summed E-state index contributed by atoms with van der Waals surface area (Å²) in [5.41, 5.74) is 7.56. The lowest BCUT2D eigenvalue weighted by Gasteiger charge is -2.49. The standard InChI is InChI=1S/C14H25ClN4/c1-10-6-5-7-14(8-10,18(2)3)13(16)12-11(15)9-17-19(12)4/h9-10,13H,5-8,16H2,1-4H3. The largest absolute Gasteiger partial charge is 0.321 e. The zero-order valence-corrected chi connectivity index (χ0v) is 13.1. The van der Waals surface area contributed by atoms with Gasteiger partial charge in [-0.1, -0.05) is 31.4 Å². The Morgan fingerprint density at radius 1 is 1.58 bits per heavy atom. The highest BCUT2D eigenvalue weighted by atomic mass is 35.5. The Bertz CT molecular complexity index is 423. The smallest absolute Gasteiger partial charge is 0.0834 e. The fourth-order valence-corrected chi connectivity index (χ4v) is 3.84. The van der Waals surface area contributed by atoms with Gasteiger partial charge in [0.15, 0.2) is 0 Å². The summed E-state index contributed by atoms with van der Waals surface area (Å²) >= 11 is 6.28. The van der Waals surface area contributed by atoms with Gasteiger partial charge in [0.05, 0.1) is 23.0 Å². The highest BCUT2D eigenvalue weighted by Crippen LogP contribution is 2.44. The predicted molar refractivity (Wildman–Crippen MR) is 79.2 cm³/mol. The van der Waals surface area contributed by atoms with Crippen LogP contribution in [0.2, 0.25) is 5.02 Å². The fraction of sp³-hybridized carbons (Fsp3) is 0.786. The Morgan fingerprint density at radius 2 is 2.26 bits per heavy atom. The lowest BCUT2D eigenvalue weighted by Crippen LogP contribution is -2.55. The Hall–Kier alpha value is -0.580. The molecule has 0 bridgehead atoms. The van der Waals surface area contributed by atoms with Crippen LogP contribution in [0.15, 0.2) is 6.20 Å². The maximum atomic E-state index is 6.63. The molecule has 2 N–H and O–H groups in total. The van der Waals surface area contributed by atoms with E-state index in [4.69, 9.17) is 17.3 Å². The third-order valence-electron chi connectivity index (χ3n) is 4.71. The molecule has 1 aliphatic rings. The number of aromatic nitrogens is 2. The Balaban J connectivity index is 2.39. The van der Waals surface area contributed by atoms with Crippen molar-refractivity contribution in [2.75, 3.05) is 14.1 Å². The molecule has 0 aromatic carbocycles. The number of likely N-dealkylation sites (N-methyl/N-ethyl adjacent to an activating group) is 1. The van der Waals surface area contributed by atoms with E-state index < -0.39 is 0 Å². The first-order valence-electron chi connectivity index (χ1n) is 6.99. The van der Waals surface area contributed by atoms with Crippen molar-refractivity contribution in [3.05, 3.63) is 16.9 Å². The molecule has 0 amide bonds. The van der Waals surface area contributed by atoms with Crippen LogP contribution in [-0.4, -0.2) is 34.3 Å². The van der Waals surface area contributed by atoms with Crippen LogP contribution >= 0.6 is 11.6 Å². The first-order valence-corrected chi connectivity index (χ1v) is 7.36. The van der Waals surface area contributed by atoms with E-state index in [9.17, 15) is 0 Å². The number of rotatable bonds is 3. The predicted octanol–water partition coefficient (Wildman–Crippen LogP) is 2.58. The van der Waals surface area contributed by atoms with Crippen LogP contribution in [0.25, 0.3) is 0 Å². The molecule has 2 rings (SSSR count). The number of hydrogen-bond acceptors (Lipinski definition) is 3. The van der Waals surface area contributed by atoms with Crippen LogP contribution < -0.4 is 5.73 Å². The molecule has 4 nitrogen and oxygen atoms in total. The molecule has 3 atom stereocenters. The van der Waals surface area contributed by atoms with Gasteiger partial charge in [-0.15, -0.1) is 0 Å². The van der Waals surface area contributed by atoms with Crippen molar-refractivity contribution in [2.24, 2.45) is 18.7 Å². The van der Waals surface area contributed by atoms with Gasteiger partial charge < -0.3 is 10.6 Å². The minimum atomic E-state index is -0.106. The molecule has 1 saturated carbocycles. The van der Waals surface area contributed by atoms with Gasteiger partial charge in [-0.2, -0.15) is 5.10 Å². The van der Waals surface area contributed by atoms with Gasteiger partial charge in [0.25, 0.3) is 0 Å². The maximum Gasteiger partial charge on any atom is 0.0834 e. The average Bonchev–Trinajstić information content (AvgIpc) is 2.67. The first kappa shape index (κ1) is 14.8. The zero-order valence-electron chi connectivity index (χ0n) is 12.4. The van der Waals surface area contributed by atoms with Gasteiger partial charge in [-0.3, -0.25) is 4.68 Å². The number of nitrogens with two attached hydrogens (primary N) is 1. The minimum absolute atomic E-state index is 0.0187. The Morgan fingerprint density at radius 3 is 2.74 bits per heavy atom. The van der Waals surface area contributed by atoms with Crippen molar-refractivity contribution in [3.63, 3.8) is 0 Å². The molecule has 0 spiro atoms. The van der Waals surface area contributed by atoms with E-state index in [2.05, 4.69) is 31.0 Å². The topological polar surface area (TPSA) is 47.1 Å². The van der Waals surface area contributed by atoms with Gasteiger partial charge in [0.1, 0.15) is 0 Å². The van der Waals surface area contributed by atoms with Crippen LogP contribution in [0.1, 0.15) is 44.3 Å². The van der Waals surface area contributed by atoms with Crippen molar-refractivity contribution in [2.45, 2.75) is 44.2 Å². The van der Waals surface area contributed by atoms with Crippen LogP contribution in [0.5, 0.6) is 0 Å². The van der Waals surface area contributed by atoms with Crippen LogP contribution in [-0.2, 0) is 7.05 Å². The summed E-state index contributed by atoms with van der Waals surface area (Å²) in [6.45, 7) is 2.31. The molecule has 0 radical (unpaired) electrons. The second-order valence-corrected chi connectivity index (χ2v) is 6.59. The second-order valence-electron chi connectivity index (χ2n) is 6.18. The van der Waals surface area contributed by atoms with Gasteiger partial charge in [0, 0.05) is 12.6 Å². The molecule has 3 unspecified atom stereocenters. The summed E-state index contributed by atoms with van der Waals surface area (Å²) in [5.74, 6) is 0.703. The molecule has 1 aromatic heterocycles. The van der Waals surface area contributed by atoms with Gasteiger partial charge in [-0.05, 0) is 32.9 Å². The number of aryl methyl sites for hydroxylation is 1. The number of nitrogens with zero attached hydrogens (tertiary/aromatic N) is 3. The van der Waals surface area contributed by atoms with Gasteiger partial charge in [-0.25, -0.2) is 0 Å². The van der Waals surface area contributed by atoms with Gasteiger partial charge >= 0.3 is 0 Å². The highest BCUT2D eigenvalue weighted by Gasteiger charge is 2.44. The molecule has 108 valence electrons. The number of halogens is 1. The average molecular weight is 285 g/mol. The summed E-state index contributed by atoms with van der Waals surface area (Å²) < 4.78 is 1.82. The molecule has 0 saturated heterocycles. The van der Waals surface area contributed by atoms with Crippen LogP contribution in [0.3, 0.4) is 0 Å². The Labute approximate surface area is 120 Å². The lowest BCUT2D eigenvalue weighted by atomic mass is 9.70. The molecule has 1 aliphatic carbocycles. The molecular weight excluding hydrogens is 260 g/mol. The second kappa shape index (κ2) is 5.43. The third kappa shape index (κ3) is 2.54. The van der Waals surface area contributed by atoms with E-state index >= 15 is 0 Å². The SMILES string of the molecule is CC1CCCC(C(N)c2c(Cl)cnn2C)(N(C)C)C1. The highest BCUT2D eigenvalue weighted by molar-refractivity contribution is 6.31. The number of hydrogen-bond donors (Lipinski definition) is 1. The molecule has 1 fully saturated rings. The van der Waals surface area contributed by atoms with Crippen LogP contribution in [0, 0.1) is 5.92 Å². The van der Waals surface area contributed by atoms with E-state index in [1.54, 1.807) is 6.20 Å². The van der Waals surface area contributed by atoms with Crippen molar-refractivity contribution in [3.8, 4) is 0 Å². The van der Waals surface area contributed by atoms with E-state index in [1.807, 2.05) is 11.7 Å². The zero-order chi connectivity index (χ0) is 14.2. The Kier molecular flexibility index (Phi) is 4.23. The molecule has 1 heterocycles. The summed E-state index contributed by atoms with van der Waals surface area (Å²) in [5, 5.41) is 4.90. The minimum Gasteiger partial charge on any atom is -0.321 e.